The molecule has 0 aliphatic carbocycles. The molecule has 0 amide bonds. The van der Waals surface area contributed by atoms with Gasteiger partial charge in [-0.15, -0.1) is 0 Å². The van der Waals surface area contributed by atoms with Gasteiger partial charge in [-0.3, -0.25) is 4.79 Å². The highest BCUT2D eigenvalue weighted by Crippen LogP contribution is 2.15. The Hall–Kier alpha value is -2.17. The van der Waals surface area contributed by atoms with Gasteiger partial charge in [0.05, 0.1) is 12.1 Å². The summed E-state index contributed by atoms with van der Waals surface area (Å²) >= 11 is 0. The van der Waals surface area contributed by atoms with Crippen LogP contribution in [0.5, 0.6) is 0 Å². The normalized spacial score (nSPS) is 10.6. The van der Waals surface area contributed by atoms with E-state index in [1.807, 2.05) is 0 Å². The highest BCUT2D eigenvalue weighted by molar-refractivity contribution is 5.93. The number of rotatable bonds is 2. The topological polar surface area (TPSA) is 48.3 Å². The Balaban J connectivity index is 2.73. The molecule has 0 saturated carbocycles. The Kier molecular flexibility index (Phi) is 3.14. The number of esters is 1. The third-order valence-electron chi connectivity index (χ3n) is 2.68. The number of aromatic nitrogens is 1. The Morgan fingerprint density at radius 2 is 2.11 bits per heavy atom. The molecule has 4 nitrogen and oxygen atoms in total. The van der Waals surface area contributed by atoms with Crippen LogP contribution in [0, 0.1) is 5.82 Å². The largest absolute Gasteiger partial charge is 0.462 e. The molecule has 0 aliphatic heterocycles. The van der Waals surface area contributed by atoms with Gasteiger partial charge in [0.15, 0.2) is 0 Å². The van der Waals surface area contributed by atoms with Crippen LogP contribution in [0.25, 0.3) is 10.9 Å². The average Bonchev–Trinajstić information content (AvgIpc) is 2.33. The average molecular weight is 249 g/mol. The number of pyridine rings is 1. The van der Waals surface area contributed by atoms with E-state index in [0.717, 1.165) is 0 Å². The fraction of sp³-hybridized carbons (Fsp3) is 0.231. The fourth-order valence-corrected chi connectivity index (χ4v) is 1.81. The summed E-state index contributed by atoms with van der Waals surface area (Å²) in [5, 5.41) is 0.486. The third kappa shape index (κ3) is 1.99. The van der Waals surface area contributed by atoms with Crippen molar-refractivity contribution in [2.75, 3.05) is 6.61 Å². The van der Waals surface area contributed by atoms with Crippen molar-refractivity contribution >= 4 is 16.9 Å². The van der Waals surface area contributed by atoms with Gasteiger partial charge in [-0.1, -0.05) is 0 Å². The molecular weight excluding hydrogens is 237 g/mol. The van der Waals surface area contributed by atoms with Gasteiger partial charge in [0.1, 0.15) is 11.4 Å². The first kappa shape index (κ1) is 12.3. The summed E-state index contributed by atoms with van der Waals surface area (Å²) in [5.74, 6) is -1.11. The van der Waals surface area contributed by atoms with Crippen molar-refractivity contribution in [3.05, 3.63) is 46.0 Å². The maximum Gasteiger partial charge on any atom is 0.343 e. The van der Waals surface area contributed by atoms with Crippen LogP contribution in [0.4, 0.5) is 4.39 Å². The lowest BCUT2D eigenvalue weighted by molar-refractivity contribution is 0.0524. The molecule has 1 aromatic heterocycles. The molecule has 94 valence electrons. The number of carbonyl (C=O) groups is 1. The van der Waals surface area contributed by atoms with E-state index in [4.69, 9.17) is 4.74 Å². The van der Waals surface area contributed by atoms with Gasteiger partial charge in [0.25, 0.3) is 5.56 Å². The number of benzene rings is 1. The van der Waals surface area contributed by atoms with E-state index in [0.29, 0.717) is 10.9 Å². The van der Waals surface area contributed by atoms with Crippen LogP contribution in [0.3, 0.4) is 0 Å². The molecule has 1 heterocycles. The highest BCUT2D eigenvalue weighted by Gasteiger charge is 2.15. The first-order valence-corrected chi connectivity index (χ1v) is 5.51. The number of nitrogens with zero attached hydrogens (tertiary/aromatic N) is 1. The molecule has 0 radical (unpaired) electrons. The maximum atomic E-state index is 13.1. The lowest BCUT2D eigenvalue weighted by Crippen LogP contribution is -2.25. The molecule has 0 aliphatic rings. The predicted molar refractivity (Wildman–Crippen MR) is 65.1 cm³/mol. The Morgan fingerprint density at radius 3 is 2.78 bits per heavy atom. The number of fused-ring (bicyclic) bond motifs is 1. The van der Waals surface area contributed by atoms with E-state index >= 15 is 0 Å². The molecule has 0 N–H and O–H groups in total. The van der Waals surface area contributed by atoms with E-state index < -0.39 is 17.3 Å². The van der Waals surface area contributed by atoms with E-state index in [-0.39, 0.29) is 12.2 Å². The van der Waals surface area contributed by atoms with Crippen molar-refractivity contribution in [3.63, 3.8) is 0 Å². The van der Waals surface area contributed by atoms with Crippen LogP contribution < -0.4 is 5.56 Å². The van der Waals surface area contributed by atoms with Crippen LogP contribution >= 0.6 is 0 Å². The minimum absolute atomic E-state index is 0.0857. The number of halogens is 1. The summed E-state index contributed by atoms with van der Waals surface area (Å²) in [7, 11) is 1.53. The molecule has 1 aromatic carbocycles. The van der Waals surface area contributed by atoms with Crippen molar-refractivity contribution in [2.45, 2.75) is 6.92 Å². The van der Waals surface area contributed by atoms with E-state index in [9.17, 15) is 14.0 Å². The molecule has 5 heteroatoms. The second-order valence-corrected chi connectivity index (χ2v) is 3.85. The molecule has 0 spiro atoms. The third-order valence-corrected chi connectivity index (χ3v) is 2.68. The zero-order valence-corrected chi connectivity index (χ0v) is 10.1. The van der Waals surface area contributed by atoms with Crippen LogP contribution in [0.1, 0.15) is 17.3 Å². The zero-order chi connectivity index (χ0) is 13.3. The molecular formula is C13H12FNO3. The van der Waals surface area contributed by atoms with Crippen molar-refractivity contribution in [3.8, 4) is 0 Å². The number of carbonyl (C=O) groups excluding carboxylic acids is 1. The number of hydrogen-bond donors (Lipinski definition) is 0. The summed E-state index contributed by atoms with van der Waals surface area (Å²) in [6.07, 6.45) is 0. The molecule has 0 unspecified atom stereocenters. The molecule has 2 aromatic rings. The molecule has 0 fully saturated rings. The monoisotopic (exact) mass is 249 g/mol. The van der Waals surface area contributed by atoms with E-state index in [2.05, 4.69) is 0 Å². The lowest BCUT2D eigenvalue weighted by atomic mass is 10.1. The summed E-state index contributed by atoms with van der Waals surface area (Å²) in [6, 6.07) is 5.41. The summed E-state index contributed by atoms with van der Waals surface area (Å²) in [6.45, 7) is 1.84. The number of aryl methyl sites for hydroxylation is 1. The molecule has 0 saturated heterocycles. The molecule has 0 bridgehead atoms. The summed E-state index contributed by atoms with van der Waals surface area (Å²) in [4.78, 5) is 23.6. The Bertz CT molecular complexity index is 676. The van der Waals surface area contributed by atoms with Gasteiger partial charge >= 0.3 is 5.97 Å². The molecule has 2 rings (SSSR count). The van der Waals surface area contributed by atoms with Gasteiger partial charge in [0.2, 0.25) is 0 Å². The van der Waals surface area contributed by atoms with E-state index in [1.54, 1.807) is 6.92 Å². The quantitative estimate of drug-likeness (QED) is 0.763. The SMILES string of the molecule is CCOC(=O)c1cc2cc(F)ccc2n(C)c1=O. The minimum atomic E-state index is -0.690. The smallest absolute Gasteiger partial charge is 0.343 e. The van der Waals surface area contributed by atoms with Crippen LogP contribution in [-0.2, 0) is 11.8 Å². The predicted octanol–water partition coefficient (Wildman–Crippen LogP) is 1.85. The minimum Gasteiger partial charge on any atom is -0.462 e. The number of hydrogen-bond acceptors (Lipinski definition) is 3. The zero-order valence-electron chi connectivity index (χ0n) is 10.1. The second-order valence-electron chi connectivity index (χ2n) is 3.85. The molecule has 18 heavy (non-hydrogen) atoms. The van der Waals surface area contributed by atoms with Gasteiger partial charge in [-0.05, 0) is 31.2 Å². The molecule has 0 atom stereocenters. The lowest BCUT2D eigenvalue weighted by Gasteiger charge is -2.08. The first-order valence-electron chi connectivity index (χ1n) is 5.51. The van der Waals surface area contributed by atoms with Crippen LogP contribution in [0.15, 0.2) is 29.1 Å². The maximum absolute atomic E-state index is 13.1. The van der Waals surface area contributed by atoms with Gasteiger partial charge in [-0.2, -0.15) is 0 Å². The van der Waals surface area contributed by atoms with Crippen molar-refractivity contribution in [1.82, 2.24) is 4.57 Å². The number of ether oxygens (including phenoxy) is 1. The highest BCUT2D eigenvalue weighted by atomic mass is 19.1. The summed E-state index contributed by atoms with van der Waals surface area (Å²) in [5.41, 5.74) is 0.0273. The van der Waals surface area contributed by atoms with Gasteiger partial charge < -0.3 is 9.30 Å². The van der Waals surface area contributed by atoms with Gasteiger partial charge in [-0.25, -0.2) is 9.18 Å². The van der Waals surface area contributed by atoms with Crippen LogP contribution in [-0.4, -0.2) is 17.1 Å². The second kappa shape index (κ2) is 4.60. The Morgan fingerprint density at radius 1 is 1.39 bits per heavy atom. The van der Waals surface area contributed by atoms with Crippen LogP contribution in [0.2, 0.25) is 0 Å². The van der Waals surface area contributed by atoms with Crippen molar-refractivity contribution in [2.24, 2.45) is 7.05 Å². The van der Waals surface area contributed by atoms with Crippen molar-refractivity contribution in [1.29, 1.82) is 0 Å². The van der Waals surface area contributed by atoms with Gasteiger partial charge in [0, 0.05) is 12.4 Å². The first-order chi connectivity index (χ1) is 8.54. The summed E-state index contributed by atoms with van der Waals surface area (Å²) < 4.78 is 19.2. The van der Waals surface area contributed by atoms with Crippen molar-refractivity contribution < 1.29 is 13.9 Å². The standard InChI is InChI=1S/C13H12FNO3/c1-3-18-13(17)10-7-8-6-9(14)4-5-11(8)15(2)12(10)16/h4-7H,3H2,1-2H3. The fourth-order valence-electron chi connectivity index (χ4n) is 1.81. The van der Waals surface area contributed by atoms with E-state index in [1.165, 1.54) is 35.9 Å². The Labute approximate surface area is 103 Å².